The molecular formula is C19H26N2O5. The highest BCUT2D eigenvalue weighted by Gasteiger charge is 2.23. The lowest BCUT2D eigenvalue weighted by Gasteiger charge is -2.35. The summed E-state index contributed by atoms with van der Waals surface area (Å²) in [6.45, 7) is 4.33. The smallest absolute Gasteiger partial charge is 0.303 e. The first-order valence-electron chi connectivity index (χ1n) is 8.92. The van der Waals surface area contributed by atoms with Crippen LogP contribution in [-0.4, -0.2) is 65.5 Å². The first-order chi connectivity index (χ1) is 12.5. The van der Waals surface area contributed by atoms with Gasteiger partial charge >= 0.3 is 5.97 Å². The van der Waals surface area contributed by atoms with E-state index in [1.807, 2.05) is 31.2 Å². The van der Waals surface area contributed by atoms with E-state index in [1.165, 1.54) is 0 Å². The molecule has 0 saturated carbocycles. The highest BCUT2D eigenvalue weighted by molar-refractivity contribution is 5.79. The number of rotatable bonds is 8. The molecule has 0 atom stereocenters. The van der Waals surface area contributed by atoms with Crippen molar-refractivity contribution in [2.75, 3.05) is 32.8 Å². The lowest BCUT2D eigenvalue weighted by Crippen LogP contribution is -2.50. The largest absolute Gasteiger partial charge is 0.493 e. The fourth-order valence-corrected chi connectivity index (χ4v) is 2.87. The molecule has 26 heavy (non-hydrogen) atoms. The quantitative estimate of drug-likeness (QED) is 0.760. The maximum atomic E-state index is 12.3. The van der Waals surface area contributed by atoms with Gasteiger partial charge in [0, 0.05) is 39.0 Å². The molecule has 1 aliphatic heterocycles. The van der Waals surface area contributed by atoms with E-state index in [9.17, 15) is 14.4 Å². The Hall–Kier alpha value is -2.57. The Morgan fingerprint density at radius 1 is 1.00 bits per heavy atom. The average Bonchev–Trinajstić information content (AvgIpc) is 2.61. The summed E-state index contributed by atoms with van der Waals surface area (Å²) in [6.07, 6.45) is 0.903. The Morgan fingerprint density at radius 3 is 2.19 bits per heavy atom. The number of amides is 2. The van der Waals surface area contributed by atoms with Crippen molar-refractivity contribution in [3.8, 4) is 5.75 Å². The van der Waals surface area contributed by atoms with E-state index in [2.05, 4.69) is 0 Å². The van der Waals surface area contributed by atoms with Gasteiger partial charge in [-0.15, -0.1) is 0 Å². The van der Waals surface area contributed by atoms with E-state index >= 15 is 0 Å². The number of ether oxygens (including phenoxy) is 1. The van der Waals surface area contributed by atoms with Gasteiger partial charge in [0.2, 0.25) is 11.8 Å². The third-order valence-electron chi connectivity index (χ3n) is 4.34. The molecule has 1 aromatic carbocycles. The van der Waals surface area contributed by atoms with E-state index < -0.39 is 5.97 Å². The molecule has 0 bridgehead atoms. The number of hydrogen-bond donors (Lipinski definition) is 1. The van der Waals surface area contributed by atoms with E-state index in [4.69, 9.17) is 9.84 Å². The van der Waals surface area contributed by atoms with Crippen LogP contribution in [0.4, 0.5) is 0 Å². The van der Waals surface area contributed by atoms with Gasteiger partial charge in [0.25, 0.3) is 0 Å². The maximum Gasteiger partial charge on any atom is 0.303 e. The Kier molecular flexibility index (Phi) is 7.44. The predicted molar refractivity (Wildman–Crippen MR) is 95.9 cm³/mol. The third-order valence-corrected chi connectivity index (χ3v) is 4.34. The number of benzene rings is 1. The summed E-state index contributed by atoms with van der Waals surface area (Å²) in [5.74, 6) is -0.146. The number of aliphatic carboxylic acids is 1. The zero-order chi connectivity index (χ0) is 18.9. The maximum absolute atomic E-state index is 12.3. The van der Waals surface area contributed by atoms with Gasteiger partial charge in [0.15, 0.2) is 0 Å². The third kappa shape index (κ3) is 6.38. The second-order valence-electron chi connectivity index (χ2n) is 6.42. The van der Waals surface area contributed by atoms with Gasteiger partial charge in [-0.1, -0.05) is 12.1 Å². The van der Waals surface area contributed by atoms with Gasteiger partial charge in [0.1, 0.15) is 5.75 Å². The number of hydrogen-bond acceptors (Lipinski definition) is 4. The average molecular weight is 362 g/mol. The van der Waals surface area contributed by atoms with Crippen molar-refractivity contribution in [1.82, 2.24) is 9.80 Å². The van der Waals surface area contributed by atoms with Crippen LogP contribution in [0.2, 0.25) is 0 Å². The molecule has 0 aromatic heterocycles. The molecule has 0 unspecified atom stereocenters. The van der Waals surface area contributed by atoms with Crippen LogP contribution in [0.5, 0.6) is 5.75 Å². The summed E-state index contributed by atoms with van der Waals surface area (Å²) in [5, 5.41) is 8.61. The lowest BCUT2D eigenvalue weighted by molar-refractivity contribution is -0.140. The summed E-state index contributed by atoms with van der Waals surface area (Å²) in [7, 11) is 0. The van der Waals surface area contributed by atoms with Crippen molar-refractivity contribution in [2.45, 2.75) is 32.6 Å². The van der Waals surface area contributed by atoms with Crippen LogP contribution in [0.3, 0.4) is 0 Å². The van der Waals surface area contributed by atoms with Crippen LogP contribution in [0, 0.1) is 6.92 Å². The SMILES string of the molecule is Cc1cccc(OCCC(=O)N2CCN(C(=O)CCCC(=O)O)CC2)c1. The summed E-state index contributed by atoms with van der Waals surface area (Å²) in [6, 6.07) is 7.70. The molecule has 1 heterocycles. The Bertz CT molecular complexity index is 639. The minimum Gasteiger partial charge on any atom is -0.493 e. The van der Waals surface area contributed by atoms with Gasteiger partial charge in [-0.3, -0.25) is 14.4 Å². The molecule has 1 aromatic rings. The first-order valence-corrected chi connectivity index (χ1v) is 8.92. The Balaban J connectivity index is 1.66. The second-order valence-corrected chi connectivity index (χ2v) is 6.42. The van der Waals surface area contributed by atoms with Crippen LogP contribution >= 0.6 is 0 Å². The first kappa shape index (κ1) is 19.8. The zero-order valence-corrected chi connectivity index (χ0v) is 15.1. The van der Waals surface area contributed by atoms with Crippen molar-refractivity contribution < 1.29 is 24.2 Å². The number of piperazine rings is 1. The second kappa shape index (κ2) is 9.79. The lowest BCUT2D eigenvalue weighted by atomic mass is 10.2. The molecule has 142 valence electrons. The summed E-state index contributed by atoms with van der Waals surface area (Å²) in [4.78, 5) is 38.2. The van der Waals surface area contributed by atoms with Crippen molar-refractivity contribution in [3.05, 3.63) is 29.8 Å². The number of aryl methyl sites for hydroxylation is 1. The fourth-order valence-electron chi connectivity index (χ4n) is 2.87. The van der Waals surface area contributed by atoms with Crippen molar-refractivity contribution >= 4 is 17.8 Å². The van der Waals surface area contributed by atoms with Gasteiger partial charge in [-0.05, 0) is 31.0 Å². The molecular weight excluding hydrogens is 336 g/mol. The van der Waals surface area contributed by atoms with Crippen LogP contribution in [0.1, 0.15) is 31.2 Å². The van der Waals surface area contributed by atoms with Crippen LogP contribution in [0.15, 0.2) is 24.3 Å². The highest BCUT2D eigenvalue weighted by atomic mass is 16.5. The van der Waals surface area contributed by atoms with Gasteiger partial charge < -0.3 is 19.6 Å². The van der Waals surface area contributed by atoms with E-state index in [1.54, 1.807) is 9.80 Å². The molecule has 7 nitrogen and oxygen atoms in total. The molecule has 0 radical (unpaired) electrons. The van der Waals surface area contributed by atoms with Gasteiger partial charge in [-0.25, -0.2) is 0 Å². The number of nitrogens with zero attached hydrogens (tertiary/aromatic N) is 2. The van der Waals surface area contributed by atoms with E-state index in [0.29, 0.717) is 45.6 Å². The van der Waals surface area contributed by atoms with Crippen LogP contribution in [-0.2, 0) is 14.4 Å². The standard InChI is InChI=1S/C19H26N2O5/c1-15-4-2-5-16(14-15)26-13-8-18(23)21-11-9-20(10-12-21)17(22)6-3-7-19(24)25/h2,4-5,14H,3,6-13H2,1H3,(H,24,25). The van der Waals surface area contributed by atoms with Crippen molar-refractivity contribution in [3.63, 3.8) is 0 Å². The number of carboxylic acids is 1. The predicted octanol–water partition coefficient (Wildman–Crippen LogP) is 1.69. The molecule has 1 saturated heterocycles. The van der Waals surface area contributed by atoms with E-state index in [-0.39, 0.29) is 24.7 Å². The van der Waals surface area contributed by atoms with Gasteiger partial charge in [0.05, 0.1) is 13.0 Å². The number of carboxylic acid groups (broad SMARTS) is 1. The zero-order valence-electron chi connectivity index (χ0n) is 15.1. The molecule has 1 N–H and O–H groups in total. The molecule has 7 heteroatoms. The summed E-state index contributed by atoms with van der Waals surface area (Å²) >= 11 is 0. The summed E-state index contributed by atoms with van der Waals surface area (Å²) < 4.78 is 5.61. The van der Waals surface area contributed by atoms with Crippen LogP contribution in [0.25, 0.3) is 0 Å². The summed E-state index contributed by atoms with van der Waals surface area (Å²) in [5.41, 5.74) is 1.11. The van der Waals surface area contributed by atoms with Crippen molar-refractivity contribution in [2.24, 2.45) is 0 Å². The molecule has 1 fully saturated rings. The molecule has 0 aliphatic carbocycles. The normalized spacial score (nSPS) is 14.2. The topological polar surface area (TPSA) is 87.2 Å². The minimum absolute atomic E-state index is 0.00509. The minimum atomic E-state index is -0.888. The van der Waals surface area contributed by atoms with E-state index in [0.717, 1.165) is 11.3 Å². The molecule has 0 spiro atoms. The van der Waals surface area contributed by atoms with Crippen LogP contribution < -0.4 is 4.74 Å². The number of carbonyl (C=O) groups excluding carboxylic acids is 2. The Labute approximate surface area is 153 Å². The molecule has 2 rings (SSSR count). The van der Waals surface area contributed by atoms with Crippen molar-refractivity contribution in [1.29, 1.82) is 0 Å². The fraction of sp³-hybridized carbons (Fsp3) is 0.526. The Morgan fingerprint density at radius 2 is 1.62 bits per heavy atom. The van der Waals surface area contributed by atoms with Gasteiger partial charge in [-0.2, -0.15) is 0 Å². The number of carbonyl (C=O) groups is 3. The monoisotopic (exact) mass is 362 g/mol. The molecule has 1 aliphatic rings. The highest BCUT2D eigenvalue weighted by Crippen LogP contribution is 2.13. The molecule has 2 amide bonds.